The second kappa shape index (κ2) is 9.22. The van der Waals surface area contributed by atoms with Gasteiger partial charge in [0.05, 0.1) is 11.0 Å². The molecule has 1 aromatic carbocycles. The fourth-order valence-electron chi connectivity index (χ4n) is 4.49. The van der Waals surface area contributed by atoms with E-state index in [0.717, 1.165) is 36.1 Å². The first-order chi connectivity index (χ1) is 14.9. The van der Waals surface area contributed by atoms with Gasteiger partial charge in [0, 0.05) is 22.9 Å². The van der Waals surface area contributed by atoms with E-state index < -0.39 is 12.0 Å². The average Bonchev–Trinajstić information content (AvgIpc) is 3.47. The Hall–Kier alpha value is -2.67. The summed E-state index contributed by atoms with van der Waals surface area (Å²) >= 11 is 1.73. The number of benzene rings is 1. The number of hydrogen-bond acceptors (Lipinski definition) is 4. The molecule has 2 heterocycles. The zero-order valence-electron chi connectivity index (χ0n) is 18.0. The molecule has 1 amide bonds. The van der Waals surface area contributed by atoms with Gasteiger partial charge in [-0.15, -0.1) is 11.3 Å². The molecule has 1 fully saturated rings. The van der Waals surface area contributed by atoms with E-state index in [4.69, 9.17) is 4.98 Å². The van der Waals surface area contributed by atoms with Crippen molar-refractivity contribution < 1.29 is 14.7 Å². The van der Waals surface area contributed by atoms with E-state index >= 15 is 0 Å². The fraction of sp³-hybridized carbons (Fsp3) is 0.458. The molecule has 1 saturated carbocycles. The molecule has 0 bridgehead atoms. The van der Waals surface area contributed by atoms with Gasteiger partial charge >= 0.3 is 5.97 Å². The molecule has 31 heavy (non-hydrogen) atoms. The maximum absolute atomic E-state index is 12.8. The Kier molecular flexibility index (Phi) is 6.41. The van der Waals surface area contributed by atoms with E-state index in [0.29, 0.717) is 18.0 Å². The first kappa shape index (κ1) is 21.6. The van der Waals surface area contributed by atoms with Crippen LogP contribution in [0.4, 0.5) is 0 Å². The average molecular weight is 440 g/mol. The van der Waals surface area contributed by atoms with Crippen LogP contribution in [-0.4, -0.2) is 32.6 Å². The zero-order chi connectivity index (χ0) is 22.0. The predicted molar refractivity (Wildman–Crippen MR) is 123 cm³/mol. The molecule has 3 aromatic rings. The number of carboxylic acids is 1. The van der Waals surface area contributed by atoms with Crippen molar-refractivity contribution in [3.8, 4) is 0 Å². The van der Waals surface area contributed by atoms with Crippen molar-refractivity contribution in [3.63, 3.8) is 0 Å². The van der Waals surface area contributed by atoms with Crippen LogP contribution in [0.2, 0.25) is 0 Å². The van der Waals surface area contributed by atoms with Crippen molar-refractivity contribution in [1.29, 1.82) is 0 Å². The van der Waals surface area contributed by atoms with E-state index in [9.17, 15) is 14.7 Å². The quantitative estimate of drug-likeness (QED) is 0.515. The Morgan fingerprint density at radius 2 is 2.03 bits per heavy atom. The Bertz CT molecular complexity index is 1070. The molecule has 1 aliphatic carbocycles. The number of nitrogens with zero attached hydrogens (tertiary/aromatic N) is 2. The molecule has 7 heteroatoms. The van der Waals surface area contributed by atoms with Gasteiger partial charge in [-0.1, -0.05) is 32.8 Å². The predicted octanol–water partition coefficient (Wildman–Crippen LogP) is 5.03. The number of nitrogens with one attached hydrogen (secondary N) is 1. The number of amides is 1. The lowest BCUT2D eigenvalue weighted by molar-refractivity contribution is -0.139. The number of aromatic nitrogens is 2. The summed E-state index contributed by atoms with van der Waals surface area (Å²) in [5.74, 6) is -0.173. The first-order valence-electron chi connectivity index (χ1n) is 11.0. The van der Waals surface area contributed by atoms with Crippen LogP contribution in [0.5, 0.6) is 0 Å². The van der Waals surface area contributed by atoms with Crippen LogP contribution in [0.3, 0.4) is 0 Å². The third-order valence-electron chi connectivity index (χ3n) is 5.94. The van der Waals surface area contributed by atoms with Crippen molar-refractivity contribution >= 4 is 34.2 Å². The van der Waals surface area contributed by atoms with Gasteiger partial charge < -0.3 is 15.0 Å². The van der Waals surface area contributed by atoms with Crippen LogP contribution in [0, 0.1) is 5.92 Å². The summed E-state index contributed by atoms with van der Waals surface area (Å²) in [6.07, 6.45) is 5.94. The van der Waals surface area contributed by atoms with Crippen molar-refractivity contribution in [3.05, 3.63) is 52.0 Å². The standard InChI is InChI=1S/C24H29N3O3S/c1-15(2)12-20(24(29)30)26-23(28)16-9-10-21-19(13-16)25-22(14-18-8-5-11-31-18)27(21)17-6-3-4-7-17/h5,8-11,13,15,17,20H,3-4,6-7,12,14H2,1-2H3,(H,26,28)(H,29,30)/t20-/m0/s1. The zero-order valence-corrected chi connectivity index (χ0v) is 18.8. The third-order valence-corrected chi connectivity index (χ3v) is 6.81. The maximum atomic E-state index is 12.8. The van der Waals surface area contributed by atoms with Crippen LogP contribution in [-0.2, 0) is 11.2 Å². The number of rotatable bonds is 8. The largest absolute Gasteiger partial charge is 0.480 e. The minimum atomic E-state index is -1.01. The normalized spacial score (nSPS) is 15.6. The van der Waals surface area contributed by atoms with E-state index in [1.165, 1.54) is 17.7 Å². The Morgan fingerprint density at radius 3 is 2.68 bits per heavy atom. The molecule has 0 saturated heterocycles. The SMILES string of the molecule is CC(C)C[C@H](NC(=O)c1ccc2c(c1)nc(Cc1cccs1)n2C1CCCC1)C(=O)O. The molecule has 0 unspecified atom stereocenters. The minimum Gasteiger partial charge on any atom is -0.480 e. The molecular weight excluding hydrogens is 410 g/mol. The topological polar surface area (TPSA) is 84.2 Å². The number of imidazole rings is 1. The van der Waals surface area contributed by atoms with Gasteiger partial charge in [-0.05, 0) is 54.8 Å². The number of hydrogen-bond donors (Lipinski definition) is 2. The van der Waals surface area contributed by atoms with Gasteiger partial charge in [0.2, 0.25) is 0 Å². The van der Waals surface area contributed by atoms with Gasteiger partial charge in [0.15, 0.2) is 0 Å². The van der Waals surface area contributed by atoms with Gasteiger partial charge in [-0.25, -0.2) is 9.78 Å². The summed E-state index contributed by atoms with van der Waals surface area (Å²) < 4.78 is 2.36. The second-order valence-corrected chi connectivity index (χ2v) is 9.82. The molecule has 164 valence electrons. The fourth-order valence-corrected chi connectivity index (χ4v) is 5.19. The number of fused-ring (bicyclic) bond motifs is 1. The highest BCUT2D eigenvalue weighted by atomic mass is 32.1. The summed E-state index contributed by atoms with van der Waals surface area (Å²) in [5, 5.41) is 14.2. The highest BCUT2D eigenvalue weighted by Crippen LogP contribution is 2.34. The summed E-state index contributed by atoms with van der Waals surface area (Å²) in [7, 11) is 0. The second-order valence-electron chi connectivity index (χ2n) is 8.79. The van der Waals surface area contributed by atoms with Gasteiger partial charge in [-0.2, -0.15) is 0 Å². The molecule has 0 radical (unpaired) electrons. The van der Waals surface area contributed by atoms with E-state index in [-0.39, 0.29) is 11.8 Å². The van der Waals surface area contributed by atoms with Crippen LogP contribution in [0.15, 0.2) is 35.7 Å². The lowest BCUT2D eigenvalue weighted by atomic mass is 10.0. The number of carboxylic acid groups (broad SMARTS) is 1. The van der Waals surface area contributed by atoms with Crippen molar-refractivity contribution in [2.24, 2.45) is 5.92 Å². The van der Waals surface area contributed by atoms with Crippen molar-refractivity contribution in [2.45, 2.75) is 64.5 Å². The number of aliphatic carboxylic acids is 1. The van der Waals surface area contributed by atoms with Crippen LogP contribution < -0.4 is 5.32 Å². The summed E-state index contributed by atoms with van der Waals surface area (Å²) in [6, 6.07) is 9.28. The van der Waals surface area contributed by atoms with Crippen LogP contribution >= 0.6 is 11.3 Å². The Labute approximate surface area is 186 Å². The third kappa shape index (κ3) is 4.82. The summed E-state index contributed by atoms with van der Waals surface area (Å²) in [6.45, 7) is 3.89. The number of carbonyl (C=O) groups is 2. The highest BCUT2D eigenvalue weighted by molar-refractivity contribution is 7.09. The minimum absolute atomic E-state index is 0.172. The van der Waals surface area contributed by atoms with E-state index in [2.05, 4.69) is 27.4 Å². The molecule has 2 N–H and O–H groups in total. The molecule has 0 spiro atoms. The highest BCUT2D eigenvalue weighted by Gasteiger charge is 2.25. The van der Waals surface area contributed by atoms with Crippen molar-refractivity contribution in [2.75, 3.05) is 0 Å². The molecule has 1 aliphatic rings. The van der Waals surface area contributed by atoms with Crippen LogP contribution in [0.1, 0.15) is 73.1 Å². The molecule has 2 aromatic heterocycles. The lowest BCUT2D eigenvalue weighted by Gasteiger charge is -2.17. The lowest BCUT2D eigenvalue weighted by Crippen LogP contribution is -2.41. The number of thiophene rings is 1. The number of carbonyl (C=O) groups excluding carboxylic acids is 1. The first-order valence-corrected chi connectivity index (χ1v) is 11.9. The Morgan fingerprint density at radius 1 is 1.26 bits per heavy atom. The molecule has 4 rings (SSSR count). The summed E-state index contributed by atoms with van der Waals surface area (Å²) in [5.41, 5.74) is 2.29. The smallest absolute Gasteiger partial charge is 0.326 e. The van der Waals surface area contributed by atoms with E-state index in [1.54, 1.807) is 23.5 Å². The van der Waals surface area contributed by atoms with Gasteiger partial charge in [0.25, 0.3) is 5.91 Å². The van der Waals surface area contributed by atoms with Gasteiger partial charge in [-0.3, -0.25) is 4.79 Å². The van der Waals surface area contributed by atoms with Crippen LogP contribution in [0.25, 0.3) is 11.0 Å². The van der Waals surface area contributed by atoms with E-state index in [1.807, 2.05) is 19.9 Å². The molecular formula is C24H29N3O3S. The summed E-state index contributed by atoms with van der Waals surface area (Å²) in [4.78, 5) is 30.5. The Balaban J connectivity index is 1.65. The van der Waals surface area contributed by atoms with Gasteiger partial charge in [0.1, 0.15) is 11.9 Å². The van der Waals surface area contributed by atoms with Crippen molar-refractivity contribution in [1.82, 2.24) is 14.9 Å². The molecule has 1 atom stereocenters. The maximum Gasteiger partial charge on any atom is 0.326 e. The molecule has 6 nitrogen and oxygen atoms in total. The monoisotopic (exact) mass is 439 g/mol. The molecule has 0 aliphatic heterocycles.